The minimum absolute atomic E-state index is 0.102. The summed E-state index contributed by atoms with van der Waals surface area (Å²) < 4.78 is 14.7. The molecule has 1 saturated carbocycles. The normalized spacial score (nSPS) is 19.4. The molecule has 0 N–H and O–H groups in total. The van der Waals surface area contributed by atoms with E-state index in [1.165, 1.54) is 51.4 Å². The number of aromatic nitrogens is 2. The van der Waals surface area contributed by atoms with Crippen LogP contribution in [0.15, 0.2) is 30.3 Å². The molecule has 0 spiro atoms. The van der Waals surface area contributed by atoms with Crippen LogP contribution in [0.5, 0.6) is 0 Å². The number of unbranched alkanes of at least 4 members (excludes halogenated alkanes) is 2. The standard InChI is InChI=1S/C26H37FN2/c1-3-5-6-8-20-9-11-21(12-10-20)13-14-22-15-16-23(19-25(22)27)26-18-17-24(7-4-2)28-29-26/h15-21H,3-14H2,1-2H3/t20-,21-. The molecule has 3 heteroatoms. The van der Waals surface area contributed by atoms with E-state index in [9.17, 15) is 4.39 Å². The Morgan fingerprint density at radius 2 is 1.59 bits per heavy atom. The first-order chi connectivity index (χ1) is 14.2. The molecule has 0 aliphatic heterocycles. The molecule has 0 radical (unpaired) electrons. The summed E-state index contributed by atoms with van der Waals surface area (Å²) in [5.41, 5.74) is 3.40. The summed E-state index contributed by atoms with van der Waals surface area (Å²) in [5, 5.41) is 8.53. The first-order valence-corrected chi connectivity index (χ1v) is 11.8. The molecule has 1 aromatic heterocycles. The molecule has 0 amide bonds. The molecule has 2 aromatic rings. The molecule has 1 aromatic carbocycles. The topological polar surface area (TPSA) is 25.8 Å². The van der Waals surface area contributed by atoms with Crippen molar-refractivity contribution in [2.24, 2.45) is 11.8 Å². The first kappa shape index (κ1) is 21.9. The minimum atomic E-state index is -0.102. The van der Waals surface area contributed by atoms with Gasteiger partial charge in [-0.25, -0.2) is 4.39 Å². The number of hydrogen-bond donors (Lipinski definition) is 0. The van der Waals surface area contributed by atoms with Crippen LogP contribution >= 0.6 is 0 Å². The number of nitrogens with zero attached hydrogens (tertiary/aromatic N) is 2. The molecular formula is C26H37FN2. The smallest absolute Gasteiger partial charge is 0.127 e. The predicted octanol–water partition coefficient (Wildman–Crippen LogP) is 7.55. The number of benzene rings is 1. The molecule has 1 aliphatic carbocycles. The molecule has 0 atom stereocenters. The van der Waals surface area contributed by atoms with Crippen LogP contribution in [0.3, 0.4) is 0 Å². The van der Waals surface area contributed by atoms with Crippen molar-refractivity contribution in [1.29, 1.82) is 0 Å². The van der Waals surface area contributed by atoms with E-state index in [-0.39, 0.29) is 5.82 Å². The highest BCUT2D eigenvalue weighted by molar-refractivity contribution is 5.59. The molecule has 0 bridgehead atoms. The number of rotatable bonds is 10. The van der Waals surface area contributed by atoms with Crippen molar-refractivity contribution in [2.75, 3.05) is 0 Å². The zero-order valence-electron chi connectivity index (χ0n) is 18.3. The third-order valence-electron chi connectivity index (χ3n) is 6.58. The van der Waals surface area contributed by atoms with E-state index in [0.717, 1.165) is 60.0 Å². The van der Waals surface area contributed by atoms with Gasteiger partial charge in [0.1, 0.15) is 5.82 Å². The van der Waals surface area contributed by atoms with E-state index in [1.807, 2.05) is 24.3 Å². The van der Waals surface area contributed by atoms with Crippen LogP contribution in [0.25, 0.3) is 11.3 Å². The van der Waals surface area contributed by atoms with Crippen molar-refractivity contribution >= 4 is 0 Å². The second-order valence-corrected chi connectivity index (χ2v) is 8.89. The van der Waals surface area contributed by atoms with E-state index in [0.29, 0.717) is 0 Å². The Morgan fingerprint density at radius 1 is 0.828 bits per heavy atom. The summed E-state index contributed by atoms with van der Waals surface area (Å²) in [6.07, 6.45) is 14.9. The summed E-state index contributed by atoms with van der Waals surface area (Å²) in [6.45, 7) is 4.40. The van der Waals surface area contributed by atoms with Gasteiger partial charge in [0.2, 0.25) is 0 Å². The maximum Gasteiger partial charge on any atom is 0.127 e. The van der Waals surface area contributed by atoms with Crippen molar-refractivity contribution < 1.29 is 4.39 Å². The summed E-state index contributed by atoms with van der Waals surface area (Å²) >= 11 is 0. The lowest BCUT2D eigenvalue weighted by Crippen LogP contribution is -2.15. The fraction of sp³-hybridized carbons (Fsp3) is 0.615. The van der Waals surface area contributed by atoms with Gasteiger partial charge in [-0.1, -0.05) is 83.8 Å². The van der Waals surface area contributed by atoms with Gasteiger partial charge in [-0.05, 0) is 54.9 Å². The van der Waals surface area contributed by atoms with Gasteiger partial charge in [0, 0.05) is 5.56 Å². The van der Waals surface area contributed by atoms with Crippen LogP contribution in [-0.4, -0.2) is 10.2 Å². The van der Waals surface area contributed by atoms with Crippen LogP contribution in [0.1, 0.15) is 89.3 Å². The summed E-state index contributed by atoms with van der Waals surface area (Å²) in [6, 6.07) is 9.51. The van der Waals surface area contributed by atoms with Crippen LogP contribution in [0.4, 0.5) is 4.39 Å². The minimum Gasteiger partial charge on any atom is -0.207 e. The van der Waals surface area contributed by atoms with Gasteiger partial charge in [0.25, 0.3) is 0 Å². The lowest BCUT2D eigenvalue weighted by Gasteiger charge is -2.28. The van der Waals surface area contributed by atoms with E-state index >= 15 is 0 Å². The van der Waals surface area contributed by atoms with Gasteiger partial charge in [0.15, 0.2) is 0 Å². The Hall–Kier alpha value is -1.77. The molecular weight excluding hydrogens is 359 g/mol. The zero-order chi connectivity index (χ0) is 20.5. The first-order valence-electron chi connectivity index (χ1n) is 11.8. The number of hydrogen-bond acceptors (Lipinski definition) is 2. The van der Waals surface area contributed by atoms with Crippen molar-refractivity contribution in [1.82, 2.24) is 10.2 Å². The average molecular weight is 397 g/mol. The van der Waals surface area contributed by atoms with Crippen molar-refractivity contribution in [3.63, 3.8) is 0 Å². The molecule has 1 aliphatic rings. The van der Waals surface area contributed by atoms with Gasteiger partial charge in [0.05, 0.1) is 11.4 Å². The second-order valence-electron chi connectivity index (χ2n) is 8.89. The maximum atomic E-state index is 14.7. The molecule has 1 heterocycles. The van der Waals surface area contributed by atoms with Gasteiger partial charge >= 0.3 is 0 Å². The van der Waals surface area contributed by atoms with E-state index in [2.05, 4.69) is 24.0 Å². The molecule has 2 nitrogen and oxygen atoms in total. The maximum absolute atomic E-state index is 14.7. The Kier molecular flexibility index (Phi) is 8.64. The van der Waals surface area contributed by atoms with Crippen molar-refractivity contribution in [3.8, 4) is 11.3 Å². The molecule has 3 rings (SSSR count). The molecule has 1 fully saturated rings. The summed E-state index contributed by atoms with van der Waals surface area (Å²) in [4.78, 5) is 0. The predicted molar refractivity (Wildman–Crippen MR) is 119 cm³/mol. The van der Waals surface area contributed by atoms with E-state index < -0.39 is 0 Å². The Bertz CT molecular complexity index is 733. The van der Waals surface area contributed by atoms with Crippen LogP contribution in [0, 0.1) is 17.7 Å². The molecule has 29 heavy (non-hydrogen) atoms. The van der Waals surface area contributed by atoms with Gasteiger partial charge in [-0.15, -0.1) is 0 Å². The largest absolute Gasteiger partial charge is 0.207 e. The van der Waals surface area contributed by atoms with Crippen LogP contribution in [0.2, 0.25) is 0 Å². The van der Waals surface area contributed by atoms with E-state index in [1.54, 1.807) is 6.07 Å². The highest BCUT2D eigenvalue weighted by Crippen LogP contribution is 2.34. The third kappa shape index (κ3) is 6.62. The molecule has 0 unspecified atom stereocenters. The Balaban J connectivity index is 1.48. The van der Waals surface area contributed by atoms with Crippen molar-refractivity contribution in [3.05, 3.63) is 47.4 Å². The SMILES string of the molecule is CCCCC[C@H]1CC[C@H](CCc2ccc(-c3ccc(CCC)nn3)cc2F)CC1. The number of aryl methyl sites for hydroxylation is 2. The van der Waals surface area contributed by atoms with E-state index in [4.69, 9.17) is 0 Å². The number of halogens is 1. The molecule has 158 valence electrons. The Morgan fingerprint density at radius 3 is 2.21 bits per heavy atom. The van der Waals surface area contributed by atoms with Gasteiger partial charge < -0.3 is 0 Å². The summed E-state index contributed by atoms with van der Waals surface area (Å²) in [5.74, 6) is 1.61. The van der Waals surface area contributed by atoms with Crippen molar-refractivity contribution in [2.45, 2.75) is 90.9 Å². The monoisotopic (exact) mass is 396 g/mol. The highest BCUT2D eigenvalue weighted by atomic mass is 19.1. The lowest BCUT2D eigenvalue weighted by molar-refractivity contribution is 0.248. The average Bonchev–Trinajstić information content (AvgIpc) is 2.75. The highest BCUT2D eigenvalue weighted by Gasteiger charge is 2.21. The summed E-state index contributed by atoms with van der Waals surface area (Å²) in [7, 11) is 0. The second kappa shape index (κ2) is 11.4. The molecule has 0 saturated heterocycles. The third-order valence-corrected chi connectivity index (χ3v) is 6.58. The van der Waals surface area contributed by atoms with Gasteiger partial charge in [-0.3, -0.25) is 0 Å². The van der Waals surface area contributed by atoms with Crippen LogP contribution in [-0.2, 0) is 12.8 Å². The Labute approximate surface area is 176 Å². The lowest BCUT2D eigenvalue weighted by atomic mass is 9.77. The quantitative estimate of drug-likeness (QED) is 0.387. The fourth-order valence-corrected chi connectivity index (χ4v) is 4.66. The van der Waals surface area contributed by atoms with Gasteiger partial charge in [-0.2, -0.15) is 10.2 Å². The fourth-order valence-electron chi connectivity index (χ4n) is 4.66. The van der Waals surface area contributed by atoms with Crippen LogP contribution < -0.4 is 0 Å². The zero-order valence-corrected chi connectivity index (χ0v) is 18.3.